The lowest BCUT2D eigenvalue weighted by atomic mass is 9.82. The van der Waals surface area contributed by atoms with Gasteiger partial charge >= 0.3 is 0 Å². The van der Waals surface area contributed by atoms with Gasteiger partial charge in [-0.1, -0.05) is 238 Å². The van der Waals surface area contributed by atoms with Gasteiger partial charge in [0.15, 0.2) is 0 Å². The second-order valence-electron chi connectivity index (χ2n) is 32.3. The van der Waals surface area contributed by atoms with Gasteiger partial charge in [0.1, 0.15) is 11.2 Å². The number of nitrogens with zero attached hydrogens (tertiary/aromatic N) is 12. The van der Waals surface area contributed by atoms with Gasteiger partial charge < -0.3 is 4.42 Å². The molecule has 11 aromatic heterocycles. The first kappa shape index (κ1) is 71.3. The molecule has 0 saturated heterocycles. The number of hydrogen-bond acceptors (Lipinski definition) is 11. The fourth-order valence-electron chi connectivity index (χ4n) is 19.5. The lowest BCUT2D eigenvalue weighted by molar-refractivity contribution is 0.661. The summed E-state index contributed by atoms with van der Waals surface area (Å²) in [5, 5.41) is 15.6. The Kier molecular flexibility index (Phi) is 15.7. The molecule has 1 aliphatic rings. The molecule has 1 aliphatic carbocycles. The fraction of sp³-hybridized carbons (Fsp3) is 0.0278. The Bertz CT molecular complexity index is 8960. The van der Waals surface area contributed by atoms with E-state index < -0.39 is 0 Å². The average Bonchev–Trinajstić information content (AvgIpc) is 1.55. The van der Waals surface area contributed by atoms with Crippen LogP contribution < -0.4 is 16.7 Å². The second-order valence-corrected chi connectivity index (χ2v) is 33.4. The molecule has 0 amide bonds. The molecule has 125 heavy (non-hydrogen) atoms. The normalized spacial score (nSPS) is 12.6. The van der Waals surface area contributed by atoms with E-state index in [0.717, 1.165) is 137 Å². The first-order valence-corrected chi connectivity index (χ1v) is 42.3. The van der Waals surface area contributed by atoms with Gasteiger partial charge in [-0.05, 0) is 138 Å². The van der Waals surface area contributed by atoms with E-state index in [1.54, 1.807) is 43.6 Å². The largest absolute Gasteiger partial charge is 0.456 e. The molecule has 0 atom stereocenters. The minimum atomic E-state index is -0.150. The quantitative estimate of drug-likeness (QED) is 0.146. The van der Waals surface area contributed by atoms with Crippen LogP contribution in [0.5, 0.6) is 0 Å². The van der Waals surface area contributed by atoms with Gasteiger partial charge in [0, 0.05) is 127 Å². The molecule has 0 saturated carbocycles. The minimum Gasteiger partial charge on any atom is -0.456 e. The van der Waals surface area contributed by atoms with Crippen molar-refractivity contribution in [3.05, 3.63) is 407 Å². The third-order valence-electron chi connectivity index (χ3n) is 25.2. The zero-order valence-electron chi connectivity index (χ0n) is 67.0. The molecule has 27 rings (SSSR count). The Morgan fingerprint density at radius 3 is 1.06 bits per heavy atom. The number of hydrogen-bond donors (Lipinski definition) is 0. The van der Waals surface area contributed by atoms with Crippen molar-refractivity contribution in [2.24, 2.45) is 0 Å². The van der Waals surface area contributed by atoms with Crippen LogP contribution in [0.3, 0.4) is 0 Å². The van der Waals surface area contributed by atoms with Crippen LogP contribution in [0.15, 0.2) is 383 Å². The Balaban J connectivity index is 0.000000103. The van der Waals surface area contributed by atoms with Crippen molar-refractivity contribution in [3.8, 4) is 46.0 Å². The van der Waals surface area contributed by atoms with Crippen LogP contribution in [0.1, 0.15) is 25.0 Å². The number of aromatic nitrogens is 12. The van der Waals surface area contributed by atoms with Crippen molar-refractivity contribution in [2.75, 3.05) is 0 Å². The Morgan fingerprint density at radius 2 is 0.600 bits per heavy atom. The number of furan rings is 1. The van der Waals surface area contributed by atoms with E-state index >= 15 is 0 Å². The highest BCUT2D eigenvalue weighted by Gasteiger charge is 2.37. The second kappa shape index (κ2) is 27.5. The third kappa shape index (κ3) is 10.7. The Labute approximate surface area is 713 Å². The van der Waals surface area contributed by atoms with E-state index in [1.807, 2.05) is 200 Å². The lowest BCUT2D eigenvalue weighted by Gasteiger charge is -2.21. The summed E-state index contributed by atoms with van der Waals surface area (Å²) in [6.07, 6.45) is 5.04. The zero-order chi connectivity index (χ0) is 83.0. The fourth-order valence-corrected chi connectivity index (χ4v) is 20.6. The Hall–Kier alpha value is -16.6. The van der Waals surface area contributed by atoms with Crippen LogP contribution in [0, 0.1) is 0 Å². The van der Waals surface area contributed by atoms with Crippen LogP contribution in [0.4, 0.5) is 0 Å². The zero-order valence-corrected chi connectivity index (χ0v) is 67.9. The summed E-state index contributed by atoms with van der Waals surface area (Å²) < 4.78 is 20.3. The first-order chi connectivity index (χ1) is 61.5. The maximum absolute atomic E-state index is 13.9. The first-order valence-electron chi connectivity index (χ1n) is 41.5. The molecular weight excluding hydrogens is 1560 g/mol. The number of thiophene rings is 1. The standard InChI is InChI=1S/C38H26N4O.C35H20N4O2.C35H20N4OS/c1-38(2)30-17-9-6-14-24(30)27-20-28-25-15-7-10-18-32(25)42(34(28)21-31(27)38)37-39-22-29-35(40-37)26-16-8-11-19-33(26)41(36(29)43)23-12-4-3-5-13-23;2*40-34-27-20-36-35(37-33(27)24-14-5-8-16-29(24)38(34)21-10-2-1-3-11-21)39-28-15-7-4-12-22(28)25-18-26-23-13-6-9-17-31(23)41-32(26)19-30(25)39/h3-22H,1-2H3;2*1-20H. The van der Waals surface area contributed by atoms with Gasteiger partial charge in [-0.25, -0.2) is 29.9 Å². The number of fused-ring (bicyclic) bond motifs is 27. The van der Waals surface area contributed by atoms with Crippen LogP contribution in [-0.2, 0) is 5.41 Å². The summed E-state index contributed by atoms with van der Waals surface area (Å²) in [4.78, 5) is 71.5. The van der Waals surface area contributed by atoms with Crippen LogP contribution in [-0.4, -0.2) is 57.3 Å². The van der Waals surface area contributed by atoms with Crippen LogP contribution in [0.2, 0.25) is 0 Å². The highest BCUT2D eigenvalue weighted by atomic mass is 32.1. The van der Waals surface area contributed by atoms with E-state index in [-0.39, 0.29) is 22.1 Å². The molecule has 0 radical (unpaired) electrons. The van der Waals surface area contributed by atoms with Crippen LogP contribution in [0.25, 0.3) is 219 Å². The number of para-hydroxylation sites is 10. The Morgan fingerprint density at radius 1 is 0.248 bits per heavy atom. The van der Waals surface area contributed by atoms with Crippen molar-refractivity contribution < 1.29 is 4.42 Å². The minimum absolute atomic E-state index is 0.133. The van der Waals surface area contributed by atoms with Crippen molar-refractivity contribution in [3.63, 3.8) is 0 Å². The summed E-state index contributed by atoms with van der Waals surface area (Å²) in [6, 6.07) is 117. The molecule has 15 aromatic carbocycles. The summed E-state index contributed by atoms with van der Waals surface area (Å²) in [6.45, 7) is 4.60. The SMILES string of the molecule is CC1(C)c2ccccc2-c2cc3c4ccccc4n(-c4ncc5c(=O)n(-c6ccccc6)c6ccccc6c5n4)c3cc21.O=c1c2cnc(-n3c4ccccc4c4cc5c(cc43)oc3ccccc35)nc2c2ccccc2n1-c1ccccc1.O=c1c2cnc(-n3c4ccccc4c4cc5c(cc43)sc3ccccc35)nc2c2ccccc2n1-c1ccccc1. The molecule has 0 unspecified atom stereocenters. The maximum Gasteiger partial charge on any atom is 0.266 e. The van der Waals surface area contributed by atoms with Gasteiger partial charge in [0.25, 0.3) is 16.7 Å². The molecule has 0 spiro atoms. The van der Waals surface area contributed by atoms with E-state index in [0.29, 0.717) is 50.6 Å². The summed E-state index contributed by atoms with van der Waals surface area (Å²) in [7, 11) is 0. The molecule has 0 bridgehead atoms. The van der Waals surface area contributed by atoms with Gasteiger partial charge in [-0.2, -0.15) is 0 Å². The van der Waals surface area contributed by atoms with Crippen molar-refractivity contribution in [1.29, 1.82) is 0 Å². The van der Waals surface area contributed by atoms with Gasteiger partial charge in [0.2, 0.25) is 17.8 Å². The number of benzene rings is 15. The van der Waals surface area contributed by atoms with Crippen molar-refractivity contribution in [2.45, 2.75) is 19.3 Å². The highest BCUT2D eigenvalue weighted by Crippen LogP contribution is 2.52. The predicted molar refractivity (Wildman–Crippen MR) is 509 cm³/mol. The van der Waals surface area contributed by atoms with E-state index in [2.05, 4.69) is 173 Å². The van der Waals surface area contributed by atoms with Crippen molar-refractivity contribution >= 4 is 184 Å². The number of rotatable bonds is 6. The van der Waals surface area contributed by atoms with Crippen LogP contribution >= 0.6 is 11.3 Å². The highest BCUT2D eigenvalue weighted by molar-refractivity contribution is 7.25. The molecule has 17 heteroatoms. The molecular formula is C108H66N12O4S. The molecule has 11 heterocycles. The van der Waals surface area contributed by atoms with Gasteiger partial charge in [-0.15, -0.1) is 11.3 Å². The summed E-state index contributed by atoms with van der Waals surface area (Å²) in [5.74, 6) is 1.60. The van der Waals surface area contributed by atoms with Crippen molar-refractivity contribution in [1.82, 2.24) is 57.3 Å². The maximum atomic E-state index is 13.9. The summed E-state index contributed by atoms with van der Waals surface area (Å²) >= 11 is 1.80. The summed E-state index contributed by atoms with van der Waals surface area (Å²) in [5.41, 5.74) is 19.2. The van der Waals surface area contributed by atoms with E-state index in [9.17, 15) is 14.4 Å². The van der Waals surface area contributed by atoms with E-state index in [1.165, 1.54) is 42.4 Å². The van der Waals surface area contributed by atoms with Gasteiger partial charge in [0.05, 0.1) is 82.4 Å². The monoisotopic (exact) mass is 1630 g/mol. The molecule has 0 N–H and O–H groups in total. The third-order valence-corrected chi connectivity index (χ3v) is 26.3. The molecule has 26 aromatic rings. The average molecular weight is 1630 g/mol. The number of pyridine rings is 3. The van der Waals surface area contributed by atoms with E-state index in [4.69, 9.17) is 34.3 Å². The lowest BCUT2D eigenvalue weighted by Crippen LogP contribution is -2.20. The predicted octanol–water partition coefficient (Wildman–Crippen LogP) is 24.7. The topological polar surface area (TPSA) is 171 Å². The smallest absolute Gasteiger partial charge is 0.266 e. The molecule has 16 nitrogen and oxygen atoms in total. The van der Waals surface area contributed by atoms with Gasteiger partial charge in [-0.3, -0.25) is 41.8 Å². The molecule has 0 fully saturated rings. The molecule has 0 aliphatic heterocycles. The molecule has 588 valence electrons.